The molecular weight excluding hydrogens is 232 g/mol. The minimum Gasteiger partial charge on any atom is -0.356 e. The van der Waals surface area contributed by atoms with Gasteiger partial charge in [-0.2, -0.15) is 0 Å². The number of amides is 1. The first kappa shape index (κ1) is 12.6. The Balaban J connectivity index is 1.86. The van der Waals surface area contributed by atoms with Crippen LogP contribution in [0.1, 0.15) is 19.8 Å². The summed E-state index contributed by atoms with van der Waals surface area (Å²) in [6, 6.07) is 1.52. The first-order valence-electron chi connectivity index (χ1n) is 6.19. The van der Waals surface area contributed by atoms with E-state index in [1.165, 1.54) is 19.3 Å². The van der Waals surface area contributed by atoms with Gasteiger partial charge in [-0.15, -0.1) is 0 Å². The predicted octanol–water partition coefficient (Wildman–Crippen LogP) is 0.122. The van der Waals surface area contributed by atoms with Crippen molar-refractivity contribution in [2.45, 2.75) is 19.8 Å². The lowest BCUT2D eigenvalue weighted by Crippen LogP contribution is -2.38. The molecule has 0 spiro atoms. The third-order valence-corrected chi connectivity index (χ3v) is 3.24. The fourth-order valence-electron chi connectivity index (χ4n) is 2.19. The molecule has 0 atom stereocenters. The molecule has 0 aliphatic carbocycles. The minimum atomic E-state index is -0.125. The Morgan fingerprint density at radius 3 is 2.89 bits per heavy atom. The number of hydrogen-bond acceptors (Lipinski definition) is 4. The van der Waals surface area contributed by atoms with Gasteiger partial charge in [-0.1, -0.05) is 0 Å². The number of aromatic nitrogens is 2. The molecule has 0 aromatic carbocycles. The fraction of sp³-hybridized carbons (Fsp3) is 0.583. The Morgan fingerprint density at radius 2 is 2.28 bits per heavy atom. The molecule has 0 saturated carbocycles. The molecule has 1 fully saturated rings. The molecule has 6 heteroatoms. The van der Waals surface area contributed by atoms with Gasteiger partial charge in [0.2, 0.25) is 5.91 Å². The second kappa shape index (κ2) is 5.66. The average molecular weight is 250 g/mol. The largest absolute Gasteiger partial charge is 0.356 e. The van der Waals surface area contributed by atoms with Crippen LogP contribution in [0.25, 0.3) is 0 Å². The summed E-state index contributed by atoms with van der Waals surface area (Å²) in [7, 11) is 0. The van der Waals surface area contributed by atoms with Gasteiger partial charge in [0.25, 0.3) is 5.56 Å². The van der Waals surface area contributed by atoms with Gasteiger partial charge in [0, 0.05) is 32.6 Å². The Labute approximate surface area is 105 Å². The topological polar surface area (TPSA) is 78.1 Å². The van der Waals surface area contributed by atoms with Gasteiger partial charge in [0.05, 0.1) is 6.33 Å². The molecule has 1 aromatic heterocycles. The third-order valence-electron chi connectivity index (χ3n) is 3.24. The molecule has 0 unspecified atom stereocenters. The zero-order valence-corrected chi connectivity index (χ0v) is 10.5. The van der Waals surface area contributed by atoms with E-state index in [9.17, 15) is 9.59 Å². The molecule has 0 bridgehead atoms. The third kappa shape index (κ3) is 3.32. The van der Waals surface area contributed by atoms with Crippen LogP contribution in [0.2, 0.25) is 0 Å². The number of carbonyl (C=O) groups excluding carboxylic acids is 1. The molecule has 0 radical (unpaired) electrons. The van der Waals surface area contributed by atoms with Crippen molar-refractivity contribution < 1.29 is 4.79 Å². The number of anilines is 1. The van der Waals surface area contributed by atoms with E-state index in [2.05, 4.69) is 20.2 Å². The number of nitrogens with one attached hydrogen (secondary N) is 2. The maximum Gasteiger partial charge on any atom is 0.252 e. The van der Waals surface area contributed by atoms with Crippen LogP contribution in [0, 0.1) is 5.92 Å². The van der Waals surface area contributed by atoms with E-state index >= 15 is 0 Å². The van der Waals surface area contributed by atoms with Crippen molar-refractivity contribution in [3.63, 3.8) is 0 Å². The Kier molecular flexibility index (Phi) is 3.96. The summed E-state index contributed by atoms with van der Waals surface area (Å²) in [5.74, 6) is 1.28. The monoisotopic (exact) mass is 250 g/mol. The van der Waals surface area contributed by atoms with Crippen LogP contribution in [0.4, 0.5) is 5.82 Å². The smallest absolute Gasteiger partial charge is 0.252 e. The normalized spacial score (nSPS) is 16.6. The highest BCUT2D eigenvalue weighted by molar-refractivity contribution is 5.72. The molecule has 18 heavy (non-hydrogen) atoms. The first-order valence-corrected chi connectivity index (χ1v) is 6.19. The highest BCUT2D eigenvalue weighted by Crippen LogP contribution is 2.19. The number of H-pyrrole nitrogens is 1. The number of piperidine rings is 1. The Morgan fingerprint density at radius 1 is 1.56 bits per heavy atom. The lowest BCUT2D eigenvalue weighted by Gasteiger charge is -2.32. The van der Waals surface area contributed by atoms with Gasteiger partial charge in [0.1, 0.15) is 5.82 Å². The summed E-state index contributed by atoms with van der Waals surface area (Å²) >= 11 is 0. The molecule has 6 nitrogen and oxygen atoms in total. The summed E-state index contributed by atoms with van der Waals surface area (Å²) < 4.78 is 0. The molecule has 1 aliphatic heterocycles. The van der Waals surface area contributed by atoms with E-state index in [0.717, 1.165) is 38.3 Å². The van der Waals surface area contributed by atoms with Gasteiger partial charge in [0.15, 0.2) is 0 Å². The average Bonchev–Trinajstić information content (AvgIpc) is 2.37. The van der Waals surface area contributed by atoms with E-state index in [4.69, 9.17) is 0 Å². The van der Waals surface area contributed by atoms with Crippen LogP contribution in [0.15, 0.2) is 17.2 Å². The molecule has 1 aliphatic rings. The highest BCUT2D eigenvalue weighted by Gasteiger charge is 2.20. The van der Waals surface area contributed by atoms with Crippen LogP contribution in [-0.2, 0) is 4.79 Å². The maximum absolute atomic E-state index is 11.2. The quantitative estimate of drug-likeness (QED) is 0.799. The van der Waals surface area contributed by atoms with Crippen molar-refractivity contribution in [3.8, 4) is 0 Å². The van der Waals surface area contributed by atoms with Gasteiger partial charge < -0.3 is 15.2 Å². The van der Waals surface area contributed by atoms with Gasteiger partial charge in [-0.3, -0.25) is 9.59 Å². The van der Waals surface area contributed by atoms with E-state index < -0.39 is 0 Å². The summed E-state index contributed by atoms with van der Waals surface area (Å²) in [6.07, 6.45) is 3.45. The van der Waals surface area contributed by atoms with Crippen LogP contribution in [0.3, 0.4) is 0 Å². The van der Waals surface area contributed by atoms with Crippen LogP contribution in [-0.4, -0.2) is 35.5 Å². The lowest BCUT2D eigenvalue weighted by molar-refractivity contribution is -0.119. The van der Waals surface area contributed by atoms with Gasteiger partial charge in [-0.25, -0.2) is 4.98 Å². The number of hydrogen-bond donors (Lipinski definition) is 2. The van der Waals surface area contributed by atoms with Crippen molar-refractivity contribution in [1.29, 1.82) is 0 Å². The first-order chi connectivity index (χ1) is 8.65. The van der Waals surface area contributed by atoms with Crippen molar-refractivity contribution in [3.05, 3.63) is 22.7 Å². The SMILES string of the molecule is CC(=O)NCC1CCN(c2cc(=O)[nH]cn2)CC1. The molecule has 2 rings (SSSR count). The summed E-state index contributed by atoms with van der Waals surface area (Å²) in [5.41, 5.74) is -0.125. The zero-order chi connectivity index (χ0) is 13.0. The molecule has 2 N–H and O–H groups in total. The van der Waals surface area contributed by atoms with E-state index in [0.29, 0.717) is 5.92 Å². The minimum absolute atomic E-state index is 0.0219. The zero-order valence-electron chi connectivity index (χ0n) is 10.5. The number of nitrogens with zero attached hydrogens (tertiary/aromatic N) is 2. The molecule has 98 valence electrons. The molecular formula is C12H18N4O2. The van der Waals surface area contributed by atoms with Crippen molar-refractivity contribution in [2.75, 3.05) is 24.5 Å². The molecule has 2 heterocycles. The van der Waals surface area contributed by atoms with E-state index in [-0.39, 0.29) is 11.5 Å². The number of rotatable bonds is 3. The van der Waals surface area contributed by atoms with Crippen LogP contribution in [0.5, 0.6) is 0 Å². The molecule has 1 aromatic rings. The van der Waals surface area contributed by atoms with E-state index in [1.807, 2.05) is 0 Å². The number of aromatic amines is 1. The van der Waals surface area contributed by atoms with Crippen LogP contribution < -0.4 is 15.8 Å². The summed E-state index contributed by atoms with van der Waals surface area (Å²) in [5, 5.41) is 2.85. The molecule has 1 amide bonds. The highest BCUT2D eigenvalue weighted by atomic mass is 16.1. The lowest BCUT2D eigenvalue weighted by atomic mass is 9.97. The fourth-order valence-corrected chi connectivity index (χ4v) is 2.19. The second-order valence-corrected chi connectivity index (χ2v) is 4.64. The summed E-state index contributed by atoms with van der Waals surface area (Å²) in [4.78, 5) is 30.8. The maximum atomic E-state index is 11.2. The second-order valence-electron chi connectivity index (χ2n) is 4.64. The summed E-state index contributed by atoms with van der Waals surface area (Å²) in [6.45, 7) is 4.03. The van der Waals surface area contributed by atoms with Gasteiger partial charge >= 0.3 is 0 Å². The van der Waals surface area contributed by atoms with Gasteiger partial charge in [-0.05, 0) is 18.8 Å². The van der Waals surface area contributed by atoms with E-state index in [1.54, 1.807) is 0 Å². The van der Waals surface area contributed by atoms with Crippen molar-refractivity contribution in [2.24, 2.45) is 5.92 Å². The predicted molar refractivity (Wildman–Crippen MR) is 68.5 cm³/mol. The van der Waals surface area contributed by atoms with Crippen LogP contribution >= 0.6 is 0 Å². The van der Waals surface area contributed by atoms with Crippen molar-refractivity contribution >= 4 is 11.7 Å². The number of carbonyl (C=O) groups is 1. The van der Waals surface area contributed by atoms with Crippen molar-refractivity contribution in [1.82, 2.24) is 15.3 Å². The standard InChI is InChI=1S/C12H18N4O2/c1-9(17)13-7-10-2-4-16(5-3-10)11-6-12(18)15-8-14-11/h6,8,10H,2-5,7H2,1H3,(H,13,17)(H,14,15,18). The Hall–Kier alpha value is -1.85. The molecule has 1 saturated heterocycles. The Bertz CT molecular complexity index is 463.